The number of hydrogen-bond donors (Lipinski definition) is 0. The molecular weight excluding hydrogens is 667 g/mol. The van der Waals surface area contributed by atoms with Gasteiger partial charge in [0.2, 0.25) is 0 Å². The molecule has 274 valence electrons. The maximum absolute atomic E-state index is 6.52. The zero-order valence-corrected chi connectivity index (χ0v) is 31.9. The van der Waals surface area contributed by atoms with Gasteiger partial charge in [0.1, 0.15) is 11.2 Å². The Kier molecular flexibility index (Phi) is 8.04. The number of nitrogens with zero attached hydrogens (tertiary/aromatic N) is 1. The summed E-state index contributed by atoms with van der Waals surface area (Å²) in [7, 11) is 0. The lowest BCUT2D eigenvalue weighted by atomic mass is 9.48. The van der Waals surface area contributed by atoms with Gasteiger partial charge in [-0.3, -0.25) is 0 Å². The molecule has 4 bridgehead atoms. The lowest BCUT2D eigenvalue weighted by Gasteiger charge is -2.57. The second-order valence-electron chi connectivity index (χ2n) is 17.8. The minimum Gasteiger partial charge on any atom is -0.456 e. The maximum atomic E-state index is 6.52. The van der Waals surface area contributed by atoms with Gasteiger partial charge in [0.05, 0.1) is 0 Å². The Morgan fingerprint density at radius 3 is 1.67 bits per heavy atom. The summed E-state index contributed by atoms with van der Waals surface area (Å²) in [6.07, 6.45) is 16.2. The van der Waals surface area contributed by atoms with Gasteiger partial charge in [-0.15, -0.1) is 0 Å². The first-order chi connectivity index (χ1) is 27.1. The van der Waals surface area contributed by atoms with Gasteiger partial charge in [0, 0.05) is 33.2 Å². The zero-order chi connectivity index (χ0) is 36.4. The summed E-state index contributed by atoms with van der Waals surface area (Å²) >= 11 is 0. The van der Waals surface area contributed by atoms with Crippen LogP contribution in [-0.2, 0) is 10.8 Å². The van der Waals surface area contributed by atoms with Crippen molar-refractivity contribution in [1.82, 2.24) is 0 Å². The molecule has 5 aliphatic rings. The third-order valence-electron chi connectivity index (χ3n) is 14.6. The highest BCUT2D eigenvalue weighted by Gasteiger charge is 2.51. The van der Waals surface area contributed by atoms with Crippen LogP contribution in [-0.4, -0.2) is 0 Å². The van der Waals surface area contributed by atoms with Crippen LogP contribution in [0.3, 0.4) is 0 Å². The van der Waals surface area contributed by atoms with Gasteiger partial charge in [-0.2, -0.15) is 0 Å². The number of fused-ring (bicyclic) bond motifs is 3. The number of hydrogen-bond acceptors (Lipinski definition) is 2. The molecule has 1 heterocycles. The molecule has 0 radical (unpaired) electrons. The van der Waals surface area contributed by atoms with Gasteiger partial charge in [-0.25, -0.2) is 0 Å². The molecule has 7 aromatic rings. The monoisotopic (exact) mass is 717 g/mol. The largest absolute Gasteiger partial charge is 0.456 e. The van der Waals surface area contributed by atoms with Gasteiger partial charge >= 0.3 is 0 Å². The number of rotatable bonds is 7. The Morgan fingerprint density at radius 2 is 1.04 bits per heavy atom. The van der Waals surface area contributed by atoms with E-state index in [2.05, 4.69) is 150 Å². The van der Waals surface area contributed by atoms with Crippen molar-refractivity contribution >= 4 is 39.0 Å². The Hall–Kier alpha value is -5.08. The molecule has 5 aliphatic carbocycles. The maximum Gasteiger partial charge on any atom is 0.136 e. The van der Waals surface area contributed by atoms with Crippen LogP contribution < -0.4 is 4.90 Å². The average Bonchev–Trinajstić information content (AvgIpc) is 3.41. The van der Waals surface area contributed by atoms with E-state index in [0.717, 1.165) is 40.0 Å². The van der Waals surface area contributed by atoms with E-state index in [1.165, 1.54) is 116 Å². The molecule has 0 amide bonds. The fraction of sp³-hybridized carbons (Fsp3) is 0.321. The standard InChI is InChI=1S/C53H51NO/c1-2-10-29-53(28-9-1,42-14-7-4-8-15-42)43-20-24-45(25-21-43)54(44-22-18-41(19-23-44)52-34-37-30-38(35-52)32-39(31-37)36-52)46-26-27-49-48(33-46)51-47(16-11-17-50(51)55-49)40-12-5-3-6-13-40/h3-8,11-27,33,37-39H,1-2,9-10,28-32,34-36H2. The predicted molar refractivity (Wildman–Crippen MR) is 229 cm³/mol. The normalized spacial score (nSPS) is 24.3. The van der Waals surface area contributed by atoms with Crippen LogP contribution in [0.1, 0.15) is 93.7 Å². The van der Waals surface area contributed by atoms with Crippen LogP contribution in [0.5, 0.6) is 0 Å². The summed E-state index contributed by atoms with van der Waals surface area (Å²) in [6, 6.07) is 54.9. The van der Waals surface area contributed by atoms with Crippen molar-refractivity contribution in [2.45, 2.75) is 87.9 Å². The van der Waals surface area contributed by atoms with Crippen LogP contribution in [0.2, 0.25) is 0 Å². The van der Waals surface area contributed by atoms with Crippen molar-refractivity contribution in [3.63, 3.8) is 0 Å². The van der Waals surface area contributed by atoms with E-state index in [9.17, 15) is 0 Å². The van der Waals surface area contributed by atoms with Crippen molar-refractivity contribution in [3.8, 4) is 11.1 Å². The lowest BCUT2D eigenvalue weighted by molar-refractivity contribution is -0.00518. The van der Waals surface area contributed by atoms with Gasteiger partial charge in [-0.1, -0.05) is 123 Å². The van der Waals surface area contributed by atoms with Gasteiger partial charge in [-0.05, 0) is 151 Å². The van der Waals surface area contributed by atoms with E-state index < -0.39 is 0 Å². The average molecular weight is 718 g/mol. The van der Waals surface area contributed by atoms with E-state index in [4.69, 9.17) is 4.42 Å². The smallest absolute Gasteiger partial charge is 0.136 e. The van der Waals surface area contributed by atoms with Crippen LogP contribution in [0.25, 0.3) is 33.1 Å². The highest BCUT2D eigenvalue weighted by molar-refractivity contribution is 6.13. The molecular formula is C53H51NO. The third-order valence-corrected chi connectivity index (χ3v) is 14.6. The second-order valence-corrected chi connectivity index (χ2v) is 17.8. The first-order valence-electron chi connectivity index (χ1n) is 21.2. The SMILES string of the molecule is c1ccc(-c2cccc3oc4ccc(N(c5ccc(C67CC8CC(CC(C8)C6)C7)cc5)c5ccc(C6(c7ccccc7)CCCCCC6)cc5)cc4c23)cc1. The molecule has 12 rings (SSSR count). The number of benzene rings is 6. The molecule has 2 heteroatoms. The van der Waals surface area contributed by atoms with E-state index in [-0.39, 0.29) is 5.41 Å². The molecule has 0 atom stereocenters. The van der Waals surface area contributed by atoms with E-state index in [1.807, 2.05) is 0 Å². The Morgan fingerprint density at radius 1 is 0.473 bits per heavy atom. The van der Waals surface area contributed by atoms with Gasteiger partial charge < -0.3 is 9.32 Å². The Labute approximate surface area is 326 Å². The van der Waals surface area contributed by atoms with Gasteiger partial charge in [0.25, 0.3) is 0 Å². The Balaban J connectivity index is 1.04. The van der Waals surface area contributed by atoms with E-state index in [0.29, 0.717) is 5.41 Å². The molecule has 0 unspecified atom stereocenters. The van der Waals surface area contributed by atoms with Crippen LogP contribution in [0, 0.1) is 17.8 Å². The second kappa shape index (κ2) is 13.3. The fourth-order valence-electron chi connectivity index (χ4n) is 12.5. The van der Waals surface area contributed by atoms with E-state index in [1.54, 1.807) is 5.56 Å². The summed E-state index contributed by atoms with van der Waals surface area (Å²) in [5.74, 6) is 2.81. The first-order valence-corrected chi connectivity index (χ1v) is 21.2. The zero-order valence-electron chi connectivity index (χ0n) is 31.9. The minimum absolute atomic E-state index is 0.0586. The first kappa shape index (κ1) is 33.3. The number of furan rings is 1. The molecule has 1 aromatic heterocycles. The lowest BCUT2D eigenvalue weighted by Crippen LogP contribution is -2.48. The molecule has 0 saturated heterocycles. The molecule has 0 aliphatic heterocycles. The quantitative estimate of drug-likeness (QED) is 0.153. The topological polar surface area (TPSA) is 16.4 Å². The molecule has 0 spiro atoms. The predicted octanol–water partition coefficient (Wildman–Crippen LogP) is 14.8. The Bertz CT molecular complexity index is 2410. The highest BCUT2D eigenvalue weighted by atomic mass is 16.3. The fourth-order valence-corrected chi connectivity index (χ4v) is 12.5. The van der Waals surface area contributed by atoms with Crippen molar-refractivity contribution in [3.05, 3.63) is 162 Å². The molecule has 5 saturated carbocycles. The summed E-state index contributed by atoms with van der Waals surface area (Å²) < 4.78 is 6.52. The molecule has 55 heavy (non-hydrogen) atoms. The minimum atomic E-state index is 0.0586. The van der Waals surface area contributed by atoms with Crippen molar-refractivity contribution in [1.29, 1.82) is 0 Å². The molecule has 6 aromatic carbocycles. The van der Waals surface area contributed by atoms with Crippen molar-refractivity contribution in [2.24, 2.45) is 17.8 Å². The molecule has 5 fully saturated rings. The summed E-state index contributed by atoms with van der Waals surface area (Å²) in [6.45, 7) is 0. The molecule has 0 N–H and O–H groups in total. The number of anilines is 3. The van der Waals surface area contributed by atoms with Crippen molar-refractivity contribution in [2.75, 3.05) is 4.90 Å². The molecule has 2 nitrogen and oxygen atoms in total. The summed E-state index contributed by atoms with van der Waals surface area (Å²) in [4.78, 5) is 2.49. The van der Waals surface area contributed by atoms with E-state index >= 15 is 0 Å². The van der Waals surface area contributed by atoms with Crippen molar-refractivity contribution < 1.29 is 4.42 Å². The highest BCUT2D eigenvalue weighted by Crippen LogP contribution is 2.61. The van der Waals surface area contributed by atoms with Gasteiger partial charge in [0.15, 0.2) is 0 Å². The van der Waals surface area contributed by atoms with Crippen LogP contribution >= 0.6 is 0 Å². The summed E-state index contributed by atoms with van der Waals surface area (Å²) in [5, 5.41) is 2.33. The van der Waals surface area contributed by atoms with Crippen LogP contribution in [0.4, 0.5) is 17.1 Å². The third kappa shape index (κ3) is 5.66. The van der Waals surface area contributed by atoms with Crippen LogP contribution in [0.15, 0.2) is 150 Å². The summed E-state index contributed by atoms with van der Waals surface area (Å²) in [5.41, 5.74) is 12.8.